The third-order valence-electron chi connectivity index (χ3n) is 2.89. The van der Waals surface area contributed by atoms with Crippen LogP contribution >= 0.6 is 0 Å². The molecule has 0 heterocycles. The summed E-state index contributed by atoms with van der Waals surface area (Å²) >= 11 is 0. The monoisotopic (exact) mass is 315 g/mol. The molecule has 2 N–H and O–H groups in total. The molecule has 0 saturated heterocycles. The van der Waals surface area contributed by atoms with Crippen LogP contribution < -0.4 is 4.72 Å². The lowest BCUT2D eigenvalue weighted by molar-refractivity contribution is -0.140. The molecule has 1 aromatic carbocycles. The lowest BCUT2D eigenvalue weighted by Gasteiger charge is -2.17. The Morgan fingerprint density at radius 1 is 1.29 bits per heavy atom. The summed E-state index contributed by atoms with van der Waals surface area (Å²) in [6.45, 7) is 1.13. The van der Waals surface area contributed by atoms with Gasteiger partial charge in [0.25, 0.3) is 0 Å². The van der Waals surface area contributed by atoms with Gasteiger partial charge in [-0.05, 0) is 18.9 Å². The number of carbonyl (C=O) groups is 2. The van der Waals surface area contributed by atoms with Crippen molar-refractivity contribution in [3.05, 3.63) is 35.9 Å². The van der Waals surface area contributed by atoms with E-state index in [1.807, 2.05) is 4.72 Å². The first-order valence-corrected chi connectivity index (χ1v) is 7.68. The van der Waals surface area contributed by atoms with Crippen LogP contribution in [-0.2, 0) is 30.8 Å². The first kappa shape index (κ1) is 17.1. The largest absolute Gasteiger partial charge is 0.480 e. The molecule has 1 rings (SSSR count). The van der Waals surface area contributed by atoms with Gasteiger partial charge < -0.3 is 9.84 Å². The van der Waals surface area contributed by atoms with E-state index >= 15 is 0 Å². The highest BCUT2D eigenvalue weighted by atomic mass is 32.2. The zero-order chi connectivity index (χ0) is 16.0. The average Bonchev–Trinajstić information content (AvgIpc) is 2.45. The number of benzene rings is 1. The van der Waals surface area contributed by atoms with Gasteiger partial charge in [0.1, 0.15) is 6.04 Å². The minimum absolute atomic E-state index is 0.0245. The van der Waals surface area contributed by atoms with E-state index in [1.54, 1.807) is 30.3 Å². The van der Waals surface area contributed by atoms with Crippen molar-refractivity contribution in [3.63, 3.8) is 0 Å². The first-order chi connectivity index (χ1) is 9.77. The molecule has 7 nitrogen and oxygen atoms in total. The standard InChI is InChI=1S/C13H17NO6S/c1-9(13(17)20-2)21(18,19)14-11(12(15)16)8-10-6-4-3-5-7-10/h3-7,9,11,14H,8H2,1-2H3,(H,15,16)/t9?,11-/m0/s1. The molecule has 0 aliphatic rings. The summed E-state index contributed by atoms with van der Waals surface area (Å²) < 4.78 is 30.3. The van der Waals surface area contributed by atoms with Crippen LogP contribution in [0.2, 0.25) is 0 Å². The fourth-order valence-corrected chi connectivity index (χ4v) is 2.76. The van der Waals surface area contributed by atoms with Gasteiger partial charge in [0.05, 0.1) is 7.11 Å². The Labute approximate surface area is 123 Å². The Balaban J connectivity index is 2.88. The molecule has 0 aliphatic heterocycles. The van der Waals surface area contributed by atoms with Crippen LogP contribution in [0.5, 0.6) is 0 Å². The smallest absolute Gasteiger partial charge is 0.325 e. The Morgan fingerprint density at radius 3 is 2.33 bits per heavy atom. The Morgan fingerprint density at radius 2 is 1.86 bits per heavy atom. The minimum Gasteiger partial charge on any atom is -0.480 e. The Kier molecular flexibility index (Phi) is 5.86. The van der Waals surface area contributed by atoms with E-state index < -0.39 is 33.3 Å². The van der Waals surface area contributed by atoms with Gasteiger partial charge in [0.2, 0.25) is 10.0 Å². The van der Waals surface area contributed by atoms with E-state index in [4.69, 9.17) is 5.11 Å². The molecule has 0 bridgehead atoms. The van der Waals surface area contributed by atoms with E-state index in [0.29, 0.717) is 5.56 Å². The Hall–Kier alpha value is -1.93. The lowest BCUT2D eigenvalue weighted by atomic mass is 10.1. The van der Waals surface area contributed by atoms with Gasteiger partial charge in [-0.25, -0.2) is 8.42 Å². The number of rotatable bonds is 7. The quantitative estimate of drug-likeness (QED) is 0.694. The van der Waals surface area contributed by atoms with Crippen LogP contribution in [0.4, 0.5) is 0 Å². The number of aliphatic carboxylic acids is 1. The van der Waals surface area contributed by atoms with E-state index in [9.17, 15) is 18.0 Å². The summed E-state index contributed by atoms with van der Waals surface area (Å²) in [5, 5.41) is 7.65. The second kappa shape index (κ2) is 7.19. The van der Waals surface area contributed by atoms with Crippen LogP contribution in [0.1, 0.15) is 12.5 Å². The van der Waals surface area contributed by atoms with E-state index in [-0.39, 0.29) is 6.42 Å². The predicted molar refractivity (Wildman–Crippen MR) is 75.1 cm³/mol. The number of hydrogen-bond donors (Lipinski definition) is 2. The maximum atomic E-state index is 12.0. The number of methoxy groups -OCH3 is 1. The van der Waals surface area contributed by atoms with Crippen LogP contribution in [0.15, 0.2) is 30.3 Å². The number of carboxylic acids is 1. The van der Waals surface area contributed by atoms with E-state index in [0.717, 1.165) is 14.0 Å². The van der Waals surface area contributed by atoms with Crippen molar-refractivity contribution >= 4 is 22.0 Å². The maximum absolute atomic E-state index is 12.0. The zero-order valence-corrected chi connectivity index (χ0v) is 12.5. The van der Waals surface area contributed by atoms with Gasteiger partial charge in [-0.2, -0.15) is 4.72 Å². The number of esters is 1. The van der Waals surface area contributed by atoms with Gasteiger partial charge >= 0.3 is 11.9 Å². The highest BCUT2D eigenvalue weighted by molar-refractivity contribution is 7.90. The molecule has 8 heteroatoms. The molecule has 1 aromatic rings. The van der Waals surface area contributed by atoms with E-state index in [1.165, 1.54) is 0 Å². The van der Waals surface area contributed by atoms with Crippen LogP contribution in [0.3, 0.4) is 0 Å². The number of hydrogen-bond acceptors (Lipinski definition) is 5. The van der Waals surface area contributed by atoms with Crippen molar-refractivity contribution in [3.8, 4) is 0 Å². The minimum atomic E-state index is -4.14. The molecule has 21 heavy (non-hydrogen) atoms. The van der Waals surface area contributed by atoms with Gasteiger partial charge in [-0.1, -0.05) is 30.3 Å². The van der Waals surface area contributed by atoms with Gasteiger partial charge in [0.15, 0.2) is 5.25 Å². The third kappa shape index (κ3) is 4.83. The number of ether oxygens (including phenoxy) is 1. The number of nitrogens with one attached hydrogen (secondary N) is 1. The highest BCUT2D eigenvalue weighted by Crippen LogP contribution is 2.07. The van der Waals surface area contributed by atoms with Gasteiger partial charge in [-0.3, -0.25) is 9.59 Å². The molecular formula is C13H17NO6S. The molecule has 116 valence electrons. The summed E-state index contributed by atoms with van der Waals surface area (Å²) in [4.78, 5) is 22.5. The van der Waals surface area contributed by atoms with Crippen molar-refractivity contribution in [2.75, 3.05) is 7.11 Å². The molecule has 0 spiro atoms. The van der Waals surface area contributed by atoms with Crippen molar-refractivity contribution in [2.45, 2.75) is 24.6 Å². The predicted octanol–water partition coefficient (Wildman–Crippen LogP) is 0.163. The topological polar surface area (TPSA) is 110 Å². The lowest BCUT2D eigenvalue weighted by Crippen LogP contribution is -2.47. The average molecular weight is 315 g/mol. The maximum Gasteiger partial charge on any atom is 0.325 e. The first-order valence-electron chi connectivity index (χ1n) is 6.13. The zero-order valence-electron chi connectivity index (χ0n) is 11.6. The molecule has 0 saturated carbocycles. The van der Waals surface area contributed by atoms with Gasteiger partial charge in [-0.15, -0.1) is 0 Å². The highest BCUT2D eigenvalue weighted by Gasteiger charge is 2.33. The number of carbonyl (C=O) groups excluding carboxylic acids is 1. The molecular weight excluding hydrogens is 298 g/mol. The molecule has 1 unspecified atom stereocenters. The van der Waals surface area contributed by atoms with E-state index in [2.05, 4.69) is 4.74 Å². The van der Waals surface area contributed by atoms with Crippen molar-refractivity contribution in [1.29, 1.82) is 0 Å². The normalized spacial score (nSPS) is 14.2. The molecule has 0 aliphatic carbocycles. The van der Waals surface area contributed by atoms with Gasteiger partial charge in [0, 0.05) is 0 Å². The summed E-state index contributed by atoms with van der Waals surface area (Å²) in [5.74, 6) is -2.27. The van der Waals surface area contributed by atoms with Crippen LogP contribution in [-0.4, -0.2) is 43.9 Å². The summed E-state index contributed by atoms with van der Waals surface area (Å²) in [6, 6.07) is 7.23. The summed E-state index contributed by atoms with van der Waals surface area (Å²) in [6.07, 6.45) is -0.0245. The molecule has 0 radical (unpaired) electrons. The molecule has 0 amide bonds. The Bertz CT molecular complexity index is 598. The summed E-state index contributed by atoms with van der Waals surface area (Å²) in [5.41, 5.74) is 0.665. The summed E-state index contributed by atoms with van der Waals surface area (Å²) in [7, 11) is -3.08. The number of carboxylic acid groups (broad SMARTS) is 1. The number of sulfonamides is 1. The van der Waals surface area contributed by atoms with Crippen LogP contribution in [0.25, 0.3) is 0 Å². The third-order valence-corrected chi connectivity index (χ3v) is 4.62. The molecule has 2 atom stereocenters. The fourth-order valence-electron chi connectivity index (χ4n) is 1.62. The van der Waals surface area contributed by atoms with Crippen LogP contribution in [0, 0.1) is 0 Å². The molecule has 0 aromatic heterocycles. The fraction of sp³-hybridized carbons (Fsp3) is 0.385. The second-order valence-electron chi connectivity index (χ2n) is 4.41. The molecule has 0 fully saturated rings. The van der Waals surface area contributed by atoms with Crippen molar-refractivity contribution in [2.24, 2.45) is 0 Å². The second-order valence-corrected chi connectivity index (χ2v) is 6.44. The van der Waals surface area contributed by atoms with Crippen molar-refractivity contribution < 1.29 is 27.9 Å². The SMILES string of the molecule is COC(=O)C(C)S(=O)(=O)N[C@@H](Cc1ccccc1)C(=O)O. The van der Waals surface area contributed by atoms with Crippen molar-refractivity contribution in [1.82, 2.24) is 4.72 Å².